The number of nitrogens with zero attached hydrogens (tertiary/aromatic N) is 5. The van der Waals surface area contributed by atoms with Crippen LogP contribution in [0.1, 0.15) is 4.88 Å². The maximum Gasteiger partial charge on any atom is 0.162 e. The number of H-pyrrole nitrogens is 1. The lowest BCUT2D eigenvalue weighted by Gasteiger charge is -2.28. The third-order valence-corrected chi connectivity index (χ3v) is 7.04. The highest BCUT2D eigenvalue weighted by Gasteiger charge is 2.21. The first-order valence-corrected chi connectivity index (χ1v) is 12.0. The molecule has 0 spiro atoms. The van der Waals surface area contributed by atoms with Gasteiger partial charge in [0, 0.05) is 37.1 Å². The van der Waals surface area contributed by atoms with Crippen LogP contribution in [0.4, 0.5) is 5.82 Å². The van der Waals surface area contributed by atoms with Gasteiger partial charge in [-0.15, -0.1) is 11.3 Å². The summed E-state index contributed by atoms with van der Waals surface area (Å²) >= 11 is 1.67. The molecule has 6 rings (SSSR count). The van der Waals surface area contributed by atoms with Crippen LogP contribution < -0.4 is 4.90 Å². The van der Waals surface area contributed by atoms with Crippen molar-refractivity contribution in [3.8, 4) is 23.2 Å². The van der Waals surface area contributed by atoms with E-state index in [2.05, 4.69) is 44.0 Å². The molecule has 1 aromatic carbocycles. The zero-order valence-electron chi connectivity index (χ0n) is 18.2. The Morgan fingerprint density at radius 3 is 2.70 bits per heavy atom. The number of morpholine rings is 2. The number of anilines is 1. The van der Waals surface area contributed by atoms with Gasteiger partial charge in [-0.25, -0.2) is 9.97 Å². The number of aromatic amines is 1. The van der Waals surface area contributed by atoms with E-state index in [0.29, 0.717) is 19.0 Å². The van der Waals surface area contributed by atoms with Crippen molar-refractivity contribution in [3.05, 3.63) is 35.3 Å². The van der Waals surface area contributed by atoms with Crippen LogP contribution in [0, 0.1) is 11.8 Å². The molecule has 2 saturated heterocycles. The topological polar surface area (TPSA) is 79.4 Å². The van der Waals surface area contributed by atoms with Gasteiger partial charge in [0.05, 0.1) is 59.8 Å². The van der Waals surface area contributed by atoms with E-state index in [-0.39, 0.29) is 0 Å². The highest BCUT2D eigenvalue weighted by Crippen LogP contribution is 2.35. The quantitative estimate of drug-likeness (QED) is 0.471. The van der Waals surface area contributed by atoms with E-state index in [1.165, 1.54) is 0 Å². The predicted octanol–water partition coefficient (Wildman–Crippen LogP) is 2.75. The maximum atomic E-state index is 5.58. The summed E-state index contributed by atoms with van der Waals surface area (Å²) in [4.78, 5) is 15.6. The molecule has 33 heavy (non-hydrogen) atoms. The molecule has 0 radical (unpaired) electrons. The molecule has 0 aliphatic carbocycles. The molecule has 8 nitrogen and oxygen atoms in total. The Bertz CT molecular complexity index is 1340. The van der Waals surface area contributed by atoms with E-state index in [1.54, 1.807) is 11.3 Å². The lowest BCUT2D eigenvalue weighted by Crippen LogP contribution is -2.36. The van der Waals surface area contributed by atoms with Gasteiger partial charge in [-0.1, -0.05) is 24.0 Å². The van der Waals surface area contributed by atoms with E-state index in [9.17, 15) is 0 Å². The molecule has 0 amide bonds. The SMILES string of the molecule is C(#Cc1cc2nc(-c3cccc4[nH]ncc34)nc(N3CCOCC3)c2s1)CN1CCOCC1. The van der Waals surface area contributed by atoms with E-state index >= 15 is 0 Å². The molecule has 5 heterocycles. The van der Waals surface area contributed by atoms with Crippen molar-refractivity contribution >= 4 is 38.3 Å². The zero-order valence-corrected chi connectivity index (χ0v) is 19.0. The second kappa shape index (κ2) is 9.08. The van der Waals surface area contributed by atoms with Gasteiger partial charge in [0.1, 0.15) is 0 Å². The number of nitrogens with one attached hydrogen (secondary N) is 1. The normalized spacial score (nSPS) is 17.4. The number of hydrogen-bond acceptors (Lipinski definition) is 8. The number of ether oxygens (including phenoxy) is 2. The average molecular weight is 461 g/mol. The number of thiophene rings is 1. The molecule has 1 N–H and O–H groups in total. The summed E-state index contributed by atoms with van der Waals surface area (Å²) in [5, 5.41) is 8.26. The molecule has 2 aliphatic rings. The first kappa shape index (κ1) is 20.6. The Morgan fingerprint density at radius 2 is 1.85 bits per heavy atom. The summed E-state index contributed by atoms with van der Waals surface area (Å²) in [6, 6.07) is 8.17. The Kier molecular flexibility index (Phi) is 5.66. The summed E-state index contributed by atoms with van der Waals surface area (Å²) in [6.45, 7) is 7.26. The molecular formula is C24H24N6O2S. The fourth-order valence-corrected chi connectivity index (χ4v) is 5.24. The van der Waals surface area contributed by atoms with Crippen LogP contribution in [0.2, 0.25) is 0 Å². The Labute approximate surface area is 195 Å². The van der Waals surface area contributed by atoms with Crippen molar-refractivity contribution in [1.82, 2.24) is 25.1 Å². The number of aromatic nitrogens is 4. The monoisotopic (exact) mass is 460 g/mol. The van der Waals surface area contributed by atoms with E-state index in [4.69, 9.17) is 19.4 Å². The number of hydrogen-bond donors (Lipinski definition) is 1. The number of fused-ring (bicyclic) bond motifs is 2. The van der Waals surface area contributed by atoms with Crippen LogP contribution in [0.15, 0.2) is 30.5 Å². The van der Waals surface area contributed by atoms with Crippen molar-refractivity contribution in [2.75, 3.05) is 64.1 Å². The zero-order chi connectivity index (χ0) is 22.0. The average Bonchev–Trinajstić information content (AvgIpc) is 3.51. The lowest BCUT2D eigenvalue weighted by molar-refractivity contribution is 0.0443. The lowest BCUT2D eigenvalue weighted by atomic mass is 10.1. The van der Waals surface area contributed by atoms with Gasteiger partial charge in [-0.3, -0.25) is 10.00 Å². The molecule has 0 bridgehead atoms. The van der Waals surface area contributed by atoms with Crippen LogP contribution in [0.5, 0.6) is 0 Å². The number of rotatable bonds is 3. The molecule has 0 saturated carbocycles. The minimum atomic E-state index is 0.704. The fourth-order valence-electron chi connectivity index (χ4n) is 4.25. The first-order valence-electron chi connectivity index (χ1n) is 11.2. The van der Waals surface area contributed by atoms with Crippen molar-refractivity contribution in [1.29, 1.82) is 0 Å². The van der Waals surface area contributed by atoms with Crippen molar-refractivity contribution < 1.29 is 9.47 Å². The first-order chi connectivity index (χ1) is 16.3. The molecule has 0 unspecified atom stereocenters. The second-order valence-electron chi connectivity index (χ2n) is 8.12. The summed E-state index contributed by atoms with van der Waals surface area (Å²) in [5.74, 6) is 8.36. The molecule has 4 aromatic rings. The van der Waals surface area contributed by atoms with Gasteiger partial charge in [0.2, 0.25) is 0 Å². The molecule has 0 atom stereocenters. The minimum Gasteiger partial charge on any atom is -0.379 e. The van der Waals surface area contributed by atoms with Crippen LogP contribution in [-0.2, 0) is 9.47 Å². The largest absolute Gasteiger partial charge is 0.379 e. The van der Waals surface area contributed by atoms with Crippen LogP contribution in [0.25, 0.3) is 32.5 Å². The van der Waals surface area contributed by atoms with Crippen LogP contribution >= 0.6 is 11.3 Å². The smallest absolute Gasteiger partial charge is 0.162 e. The summed E-state index contributed by atoms with van der Waals surface area (Å²) in [5.41, 5.74) is 2.88. The van der Waals surface area contributed by atoms with E-state index in [0.717, 1.165) is 83.3 Å². The van der Waals surface area contributed by atoms with Gasteiger partial charge in [0.15, 0.2) is 11.6 Å². The molecule has 168 valence electrons. The van der Waals surface area contributed by atoms with E-state index < -0.39 is 0 Å². The molecular weight excluding hydrogens is 436 g/mol. The summed E-state index contributed by atoms with van der Waals surface area (Å²) < 4.78 is 12.1. The van der Waals surface area contributed by atoms with Gasteiger partial charge >= 0.3 is 0 Å². The summed E-state index contributed by atoms with van der Waals surface area (Å²) in [7, 11) is 0. The Morgan fingerprint density at radius 1 is 1.03 bits per heavy atom. The molecule has 9 heteroatoms. The van der Waals surface area contributed by atoms with Crippen LogP contribution in [0.3, 0.4) is 0 Å². The van der Waals surface area contributed by atoms with Crippen molar-refractivity contribution in [2.45, 2.75) is 0 Å². The fraction of sp³-hybridized carbons (Fsp3) is 0.375. The maximum absolute atomic E-state index is 5.58. The Hall–Kier alpha value is -3.03. The van der Waals surface area contributed by atoms with Gasteiger partial charge in [0.25, 0.3) is 0 Å². The summed E-state index contributed by atoms with van der Waals surface area (Å²) in [6.07, 6.45) is 1.84. The van der Waals surface area contributed by atoms with Crippen molar-refractivity contribution in [3.63, 3.8) is 0 Å². The van der Waals surface area contributed by atoms with E-state index in [1.807, 2.05) is 18.3 Å². The predicted molar refractivity (Wildman–Crippen MR) is 130 cm³/mol. The Balaban J connectivity index is 1.40. The third-order valence-electron chi connectivity index (χ3n) is 6.01. The molecule has 2 fully saturated rings. The highest BCUT2D eigenvalue weighted by molar-refractivity contribution is 7.20. The second-order valence-corrected chi connectivity index (χ2v) is 9.17. The molecule has 2 aliphatic heterocycles. The minimum absolute atomic E-state index is 0.704. The van der Waals surface area contributed by atoms with Crippen LogP contribution in [-0.4, -0.2) is 84.2 Å². The standard InChI is InChI=1S/C24H24N6O2S/c1-4-18(19-16-25-28-20(19)5-1)23-26-21-15-17(3-2-6-29-7-11-31-12-8-29)33-22(21)24(27-23)30-9-13-32-14-10-30/h1,4-5,15-16H,6-14H2,(H,25,28). The molecule has 3 aromatic heterocycles. The highest BCUT2D eigenvalue weighted by atomic mass is 32.1. The van der Waals surface area contributed by atoms with Gasteiger partial charge in [-0.2, -0.15) is 5.10 Å². The van der Waals surface area contributed by atoms with Crippen molar-refractivity contribution in [2.24, 2.45) is 0 Å². The third kappa shape index (κ3) is 4.18. The van der Waals surface area contributed by atoms with Gasteiger partial charge < -0.3 is 14.4 Å². The van der Waals surface area contributed by atoms with Gasteiger partial charge in [-0.05, 0) is 12.1 Å². The number of benzene rings is 1.